The predicted octanol–water partition coefficient (Wildman–Crippen LogP) is 2.59. The first-order valence-electron chi connectivity index (χ1n) is 4.78. The van der Waals surface area contributed by atoms with Crippen molar-refractivity contribution in [3.63, 3.8) is 0 Å². The monoisotopic (exact) mass is 218 g/mol. The number of carbonyl (C=O) groups is 1. The number of hydrogen-bond donors (Lipinski definition) is 1. The first-order chi connectivity index (χ1) is 7.50. The van der Waals surface area contributed by atoms with Gasteiger partial charge in [-0.1, -0.05) is 0 Å². The molecular formula is C11H10N2O3. The van der Waals surface area contributed by atoms with Crippen molar-refractivity contribution in [1.29, 1.82) is 0 Å². The average molecular weight is 218 g/mol. The Morgan fingerprint density at radius 3 is 2.69 bits per heavy atom. The minimum absolute atomic E-state index is 0.0175. The van der Waals surface area contributed by atoms with Crippen LogP contribution in [-0.4, -0.2) is 15.7 Å². The molecule has 1 heterocycles. The van der Waals surface area contributed by atoms with E-state index >= 15 is 0 Å². The van der Waals surface area contributed by atoms with Gasteiger partial charge in [0.2, 0.25) is 0 Å². The Morgan fingerprint density at radius 2 is 2.12 bits per heavy atom. The molecule has 0 atom stereocenters. The minimum atomic E-state index is -0.455. The first kappa shape index (κ1) is 10.4. The lowest BCUT2D eigenvalue weighted by molar-refractivity contribution is -0.384. The van der Waals surface area contributed by atoms with Crippen molar-refractivity contribution in [3.05, 3.63) is 39.6 Å². The third-order valence-corrected chi connectivity index (χ3v) is 2.53. The third kappa shape index (κ3) is 1.46. The molecule has 1 N–H and O–H groups in total. The van der Waals surface area contributed by atoms with Gasteiger partial charge >= 0.3 is 0 Å². The second kappa shape index (κ2) is 3.44. The van der Waals surface area contributed by atoms with E-state index in [-0.39, 0.29) is 11.5 Å². The number of Topliss-reactive ketones (excluding diaryl/α,β-unsaturated/α-hetero) is 1. The zero-order valence-electron chi connectivity index (χ0n) is 8.90. The summed E-state index contributed by atoms with van der Waals surface area (Å²) in [6.45, 7) is 3.26. The molecule has 82 valence electrons. The van der Waals surface area contributed by atoms with Crippen LogP contribution in [0.3, 0.4) is 0 Å². The highest BCUT2D eigenvalue weighted by Gasteiger charge is 2.15. The van der Waals surface area contributed by atoms with Crippen molar-refractivity contribution in [2.24, 2.45) is 0 Å². The summed E-state index contributed by atoms with van der Waals surface area (Å²) in [5.74, 6) is -0.0439. The second-order valence-corrected chi connectivity index (χ2v) is 3.67. The fraction of sp³-hybridized carbons (Fsp3) is 0.182. The molecule has 5 heteroatoms. The van der Waals surface area contributed by atoms with Crippen molar-refractivity contribution in [2.75, 3.05) is 0 Å². The number of rotatable bonds is 2. The van der Waals surface area contributed by atoms with E-state index in [0.29, 0.717) is 11.1 Å². The van der Waals surface area contributed by atoms with E-state index in [1.165, 1.54) is 19.1 Å². The van der Waals surface area contributed by atoms with Crippen molar-refractivity contribution in [3.8, 4) is 0 Å². The summed E-state index contributed by atoms with van der Waals surface area (Å²) in [5, 5.41) is 11.3. The number of hydrogen-bond acceptors (Lipinski definition) is 3. The lowest BCUT2D eigenvalue weighted by atomic mass is 10.1. The molecule has 1 aromatic heterocycles. The molecule has 16 heavy (non-hydrogen) atoms. The van der Waals surface area contributed by atoms with E-state index in [1.54, 1.807) is 13.0 Å². The van der Waals surface area contributed by atoms with Gasteiger partial charge in [-0.3, -0.25) is 14.9 Å². The molecule has 0 aliphatic heterocycles. The fourth-order valence-electron chi connectivity index (χ4n) is 1.89. The van der Waals surface area contributed by atoms with E-state index in [4.69, 9.17) is 0 Å². The number of nitro benzene ring substituents is 1. The number of carbonyl (C=O) groups excluding carboxylic acids is 1. The molecule has 0 aliphatic carbocycles. The quantitative estimate of drug-likeness (QED) is 0.478. The van der Waals surface area contributed by atoms with Gasteiger partial charge in [0.25, 0.3) is 5.69 Å². The Labute approximate surface area is 91.2 Å². The Bertz CT molecular complexity index is 599. The van der Waals surface area contributed by atoms with Gasteiger partial charge in [-0.15, -0.1) is 0 Å². The number of H-pyrrole nitrogens is 1. The Kier molecular flexibility index (Phi) is 2.23. The van der Waals surface area contributed by atoms with Crippen LogP contribution in [0.5, 0.6) is 0 Å². The molecular weight excluding hydrogens is 208 g/mol. The van der Waals surface area contributed by atoms with Crippen LogP contribution in [0.15, 0.2) is 18.2 Å². The normalized spacial score (nSPS) is 10.6. The van der Waals surface area contributed by atoms with Crippen LogP contribution in [0.2, 0.25) is 0 Å². The summed E-state index contributed by atoms with van der Waals surface area (Å²) in [6.07, 6.45) is 0. The molecule has 0 spiro atoms. The molecule has 5 nitrogen and oxygen atoms in total. The van der Waals surface area contributed by atoms with Crippen LogP contribution in [-0.2, 0) is 0 Å². The van der Waals surface area contributed by atoms with Crippen LogP contribution in [0.25, 0.3) is 10.9 Å². The highest BCUT2D eigenvalue weighted by molar-refractivity contribution is 6.08. The molecule has 0 bridgehead atoms. The molecule has 0 aliphatic rings. The minimum Gasteiger partial charge on any atom is -0.358 e. The predicted molar refractivity (Wildman–Crippen MR) is 59.7 cm³/mol. The summed E-state index contributed by atoms with van der Waals surface area (Å²) >= 11 is 0. The van der Waals surface area contributed by atoms with Crippen LogP contribution in [0.4, 0.5) is 5.69 Å². The van der Waals surface area contributed by atoms with Gasteiger partial charge in [-0.05, 0) is 19.9 Å². The standard InChI is InChI=1S/C11H10N2O3/c1-6-11(7(2)14)9-4-3-8(13(15)16)5-10(9)12-6/h3-5,12H,1-2H3. The van der Waals surface area contributed by atoms with Gasteiger partial charge in [-0.25, -0.2) is 0 Å². The van der Waals surface area contributed by atoms with Gasteiger partial charge in [0.1, 0.15) is 0 Å². The van der Waals surface area contributed by atoms with E-state index < -0.39 is 4.92 Å². The second-order valence-electron chi connectivity index (χ2n) is 3.67. The number of non-ortho nitro benzene ring substituents is 1. The van der Waals surface area contributed by atoms with Crippen LogP contribution in [0.1, 0.15) is 23.0 Å². The average Bonchev–Trinajstić information content (AvgIpc) is 2.51. The summed E-state index contributed by atoms with van der Waals surface area (Å²) in [7, 11) is 0. The third-order valence-electron chi connectivity index (χ3n) is 2.53. The zero-order chi connectivity index (χ0) is 11.9. The number of aryl methyl sites for hydroxylation is 1. The first-order valence-corrected chi connectivity index (χ1v) is 4.78. The number of nitrogens with zero attached hydrogens (tertiary/aromatic N) is 1. The maximum atomic E-state index is 11.4. The molecule has 2 aromatic rings. The van der Waals surface area contributed by atoms with Gasteiger partial charge in [0.15, 0.2) is 5.78 Å². The zero-order valence-corrected chi connectivity index (χ0v) is 8.90. The number of ketones is 1. The summed E-state index contributed by atoms with van der Waals surface area (Å²) < 4.78 is 0. The lowest BCUT2D eigenvalue weighted by Crippen LogP contribution is -1.92. The molecule has 0 radical (unpaired) electrons. The summed E-state index contributed by atoms with van der Waals surface area (Å²) in [4.78, 5) is 24.5. The smallest absolute Gasteiger partial charge is 0.271 e. The van der Waals surface area contributed by atoms with Crippen molar-refractivity contribution < 1.29 is 9.72 Å². The number of aromatic nitrogens is 1. The maximum Gasteiger partial charge on any atom is 0.271 e. The highest BCUT2D eigenvalue weighted by Crippen LogP contribution is 2.26. The molecule has 0 saturated carbocycles. The van der Waals surface area contributed by atoms with E-state index in [9.17, 15) is 14.9 Å². The molecule has 0 fully saturated rings. The Balaban J connectivity index is 2.75. The SMILES string of the molecule is CC(=O)c1c(C)[nH]c2cc([N+](=O)[O-])ccc12. The summed E-state index contributed by atoms with van der Waals surface area (Å²) in [6, 6.07) is 4.45. The topological polar surface area (TPSA) is 76.0 Å². The Morgan fingerprint density at radius 1 is 1.44 bits per heavy atom. The van der Waals surface area contributed by atoms with Gasteiger partial charge in [-0.2, -0.15) is 0 Å². The highest BCUT2D eigenvalue weighted by atomic mass is 16.6. The van der Waals surface area contributed by atoms with E-state index in [2.05, 4.69) is 4.98 Å². The number of aromatic amines is 1. The molecule has 0 amide bonds. The van der Waals surface area contributed by atoms with Gasteiger partial charge in [0.05, 0.1) is 10.4 Å². The van der Waals surface area contributed by atoms with E-state index in [0.717, 1.165) is 11.1 Å². The number of nitrogens with one attached hydrogen (secondary N) is 1. The van der Waals surface area contributed by atoms with Crippen LogP contribution >= 0.6 is 0 Å². The number of fused-ring (bicyclic) bond motifs is 1. The van der Waals surface area contributed by atoms with Crippen molar-refractivity contribution in [1.82, 2.24) is 4.98 Å². The number of benzene rings is 1. The largest absolute Gasteiger partial charge is 0.358 e. The van der Waals surface area contributed by atoms with Gasteiger partial charge in [0, 0.05) is 28.8 Å². The molecule has 0 unspecified atom stereocenters. The Hall–Kier alpha value is -2.17. The number of nitro groups is 1. The molecule has 1 aromatic carbocycles. The van der Waals surface area contributed by atoms with Gasteiger partial charge < -0.3 is 4.98 Å². The molecule has 2 rings (SSSR count). The maximum absolute atomic E-state index is 11.4. The molecule has 0 saturated heterocycles. The fourth-order valence-corrected chi connectivity index (χ4v) is 1.89. The van der Waals surface area contributed by atoms with Crippen LogP contribution < -0.4 is 0 Å². The summed E-state index contributed by atoms with van der Waals surface area (Å²) in [5.41, 5.74) is 1.98. The van der Waals surface area contributed by atoms with Crippen LogP contribution in [0, 0.1) is 17.0 Å². The van der Waals surface area contributed by atoms with Crippen molar-refractivity contribution >= 4 is 22.4 Å². The van der Waals surface area contributed by atoms with E-state index in [1.807, 2.05) is 0 Å². The lowest BCUT2D eigenvalue weighted by Gasteiger charge is -1.94. The van der Waals surface area contributed by atoms with Crippen molar-refractivity contribution in [2.45, 2.75) is 13.8 Å².